The van der Waals surface area contributed by atoms with E-state index in [4.69, 9.17) is 27.9 Å². The first kappa shape index (κ1) is 15.0. The van der Waals surface area contributed by atoms with Crippen molar-refractivity contribution in [2.24, 2.45) is 5.92 Å². The maximum Gasteiger partial charge on any atom is 0.0642 e. The van der Waals surface area contributed by atoms with Crippen molar-refractivity contribution in [2.75, 3.05) is 25.2 Å². The molecule has 1 atom stereocenters. The summed E-state index contributed by atoms with van der Waals surface area (Å²) in [5, 5.41) is 0.779. The summed E-state index contributed by atoms with van der Waals surface area (Å²) in [6.07, 6.45) is 2.64. The van der Waals surface area contributed by atoms with Gasteiger partial charge >= 0.3 is 0 Å². The van der Waals surface area contributed by atoms with Crippen LogP contribution in [-0.2, 0) is 10.6 Å². The molecule has 4 heteroatoms. The van der Waals surface area contributed by atoms with Crippen LogP contribution in [0.25, 0.3) is 0 Å². The second-order valence-corrected chi connectivity index (χ2v) is 5.86. The lowest BCUT2D eigenvalue weighted by Gasteiger charge is -2.32. The molecular weight excluding hydrogens is 281 g/mol. The fourth-order valence-corrected chi connectivity index (χ4v) is 2.91. The number of hydrogen-bond acceptors (Lipinski definition) is 2. The Bertz CT molecular complexity index is 421. The third kappa shape index (κ3) is 3.77. The molecule has 0 aromatic heterocycles. The van der Waals surface area contributed by atoms with Crippen molar-refractivity contribution >= 4 is 28.9 Å². The molecule has 2 rings (SSSR count). The molecule has 1 aromatic rings. The highest BCUT2D eigenvalue weighted by Crippen LogP contribution is 2.38. The minimum absolute atomic E-state index is 0.496. The summed E-state index contributed by atoms with van der Waals surface area (Å²) in [7, 11) is 1.73. The summed E-state index contributed by atoms with van der Waals surface area (Å²) in [6, 6.07) is 6.60. The predicted octanol–water partition coefficient (Wildman–Crippen LogP) is 4.33. The summed E-state index contributed by atoms with van der Waals surface area (Å²) in [5.41, 5.74) is 2.15. The van der Waals surface area contributed by atoms with E-state index in [9.17, 15) is 0 Å². The molecule has 0 saturated heterocycles. The standard InChI is InChI=1S/C15H21Cl2NO/c1-11(13-4-5-13)18(7-8-19-2)15-6-3-12(10-16)9-14(15)17/h3,6,9,11,13H,4-5,7-8,10H2,1-2H3. The predicted molar refractivity (Wildman–Crippen MR) is 82.4 cm³/mol. The molecule has 0 N–H and O–H groups in total. The Morgan fingerprint density at radius 2 is 2.16 bits per heavy atom. The van der Waals surface area contributed by atoms with Gasteiger partial charge < -0.3 is 9.64 Å². The van der Waals surface area contributed by atoms with Crippen LogP contribution in [-0.4, -0.2) is 26.3 Å². The van der Waals surface area contributed by atoms with Crippen LogP contribution in [0.2, 0.25) is 5.02 Å². The van der Waals surface area contributed by atoms with Gasteiger partial charge in [0.1, 0.15) is 0 Å². The van der Waals surface area contributed by atoms with Crippen molar-refractivity contribution in [3.8, 4) is 0 Å². The number of halogens is 2. The largest absolute Gasteiger partial charge is 0.383 e. The number of nitrogens with zero attached hydrogens (tertiary/aromatic N) is 1. The number of rotatable bonds is 7. The van der Waals surface area contributed by atoms with E-state index in [-0.39, 0.29) is 0 Å². The van der Waals surface area contributed by atoms with E-state index in [0.29, 0.717) is 18.5 Å². The van der Waals surface area contributed by atoms with Gasteiger partial charge in [0.15, 0.2) is 0 Å². The maximum absolute atomic E-state index is 6.41. The van der Waals surface area contributed by atoms with Gasteiger partial charge in [0.05, 0.1) is 17.3 Å². The monoisotopic (exact) mass is 301 g/mol. The van der Waals surface area contributed by atoms with Crippen LogP contribution in [0.15, 0.2) is 18.2 Å². The van der Waals surface area contributed by atoms with Crippen molar-refractivity contribution in [3.63, 3.8) is 0 Å². The van der Waals surface area contributed by atoms with Crippen LogP contribution in [0, 0.1) is 5.92 Å². The first-order chi connectivity index (χ1) is 9.17. The van der Waals surface area contributed by atoms with Crippen molar-refractivity contribution < 1.29 is 4.74 Å². The molecule has 1 fully saturated rings. The summed E-state index contributed by atoms with van der Waals surface area (Å²) in [6.45, 7) is 3.86. The van der Waals surface area contributed by atoms with Crippen LogP contribution in [0.3, 0.4) is 0 Å². The molecular formula is C15H21Cl2NO. The molecule has 0 radical (unpaired) electrons. The molecule has 1 aliphatic carbocycles. The van der Waals surface area contributed by atoms with Gasteiger partial charge in [-0.2, -0.15) is 0 Å². The molecule has 1 saturated carbocycles. The molecule has 0 spiro atoms. The second-order valence-electron chi connectivity index (χ2n) is 5.18. The van der Waals surface area contributed by atoms with E-state index >= 15 is 0 Å². The Kier molecular flexibility index (Phi) is 5.37. The SMILES string of the molecule is COCCN(c1ccc(CCl)cc1Cl)C(C)C1CC1. The van der Waals surface area contributed by atoms with Gasteiger partial charge in [-0.05, 0) is 43.4 Å². The fraction of sp³-hybridized carbons (Fsp3) is 0.600. The molecule has 0 aliphatic heterocycles. The zero-order valence-corrected chi connectivity index (χ0v) is 13.0. The summed E-state index contributed by atoms with van der Waals surface area (Å²) < 4.78 is 5.22. The van der Waals surface area contributed by atoms with Crippen LogP contribution >= 0.6 is 23.2 Å². The van der Waals surface area contributed by atoms with E-state index in [1.165, 1.54) is 12.8 Å². The second kappa shape index (κ2) is 6.83. The highest BCUT2D eigenvalue weighted by molar-refractivity contribution is 6.33. The number of anilines is 1. The lowest BCUT2D eigenvalue weighted by atomic mass is 10.1. The molecule has 1 unspecified atom stereocenters. The molecule has 106 valence electrons. The first-order valence-corrected chi connectivity index (χ1v) is 7.68. The molecule has 2 nitrogen and oxygen atoms in total. The number of methoxy groups -OCH3 is 1. The van der Waals surface area contributed by atoms with Gasteiger partial charge in [-0.3, -0.25) is 0 Å². The van der Waals surface area contributed by atoms with Crippen LogP contribution in [0.5, 0.6) is 0 Å². The van der Waals surface area contributed by atoms with E-state index in [1.807, 2.05) is 12.1 Å². The Morgan fingerprint density at radius 1 is 1.42 bits per heavy atom. The van der Waals surface area contributed by atoms with E-state index in [0.717, 1.165) is 28.7 Å². The average Bonchev–Trinajstić information content (AvgIpc) is 3.24. The van der Waals surface area contributed by atoms with Crippen molar-refractivity contribution in [2.45, 2.75) is 31.7 Å². The quantitative estimate of drug-likeness (QED) is 0.695. The number of alkyl halides is 1. The van der Waals surface area contributed by atoms with Crippen molar-refractivity contribution in [1.82, 2.24) is 0 Å². The summed E-state index contributed by atoms with van der Waals surface area (Å²) >= 11 is 12.3. The lowest BCUT2D eigenvalue weighted by molar-refractivity contribution is 0.202. The van der Waals surface area contributed by atoms with E-state index in [2.05, 4.69) is 17.9 Å². The van der Waals surface area contributed by atoms with Gasteiger partial charge in [-0.25, -0.2) is 0 Å². The smallest absolute Gasteiger partial charge is 0.0642 e. The minimum Gasteiger partial charge on any atom is -0.383 e. The Labute approximate surface area is 125 Å². The zero-order valence-electron chi connectivity index (χ0n) is 11.5. The van der Waals surface area contributed by atoms with Crippen molar-refractivity contribution in [1.29, 1.82) is 0 Å². The van der Waals surface area contributed by atoms with Gasteiger partial charge in [0.2, 0.25) is 0 Å². The Morgan fingerprint density at radius 3 is 2.68 bits per heavy atom. The van der Waals surface area contributed by atoms with Gasteiger partial charge in [0.25, 0.3) is 0 Å². The molecule has 0 bridgehead atoms. The summed E-state index contributed by atoms with van der Waals surface area (Å²) in [4.78, 5) is 2.36. The van der Waals surface area contributed by atoms with Crippen molar-refractivity contribution in [3.05, 3.63) is 28.8 Å². The van der Waals surface area contributed by atoms with Gasteiger partial charge in [-0.1, -0.05) is 17.7 Å². The molecule has 1 aromatic carbocycles. The molecule has 0 amide bonds. The first-order valence-electron chi connectivity index (χ1n) is 6.77. The lowest BCUT2D eigenvalue weighted by Crippen LogP contribution is -2.37. The number of benzene rings is 1. The molecule has 19 heavy (non-hydrogen) atoms. The Balaban J connectivity index is 2.20. The van der Waals surface area contributed by atoms with Gasteiger partial charge in [0, 0.05) is 25.6 Å². The average molecular weight is 302 g/mol. The third-order valence-electron chi connectivity index (χ3n) is 3.81. The van der Waals surface area contributed by atoms with Gasteiger partial charge in [-0.15, -0.1) is 11.6 Å². The zero-order chi connectivity index (χ0) is 13.8. The fourth-order valence-electron chi connectivity index (χ4n) is 2.43. The number of hydrogen-bond donors (Lipinski definition) is 0. The van der Waals surface area contributed by atoms with E-state index < -0.39 is 0 Å². The topological polar surface area (TPSA) is 12.5 Å². The molecule has 0 heterocycles. The van der Waals surface area contributed by atoms with Crippen LogP contribution < -0.4 is 4.90 Å². The highest BCUT2D eigenvalue weighted by atomic mass is 35.5. The molecule has 1 aliphatic rings. The minimum atomic E-state index is 0.496. The van der Waals surface area contributed by atoms with Crippen LogP contribution in [0.4, 0.5) is 5.69 Å². The highest BCUT2D eigenvalue weighted by Gasteiger charge is 2.32. The number of ether oxygens (including phenoxy) is 1. The third-order valence-corrected chi connectivity index (χ3v) is 4.42. The van der Waals surface area contributed by atoms with Crippen LogP contribution in [0.1, 0.15) is 25.3 Å². The maximum atomic E-state index is 6.41. The summed E-state index contributed by atoms with van der Waals surface area (Å²) in [5.74, 6) is 1.29. The normalized spacial score (nSPS) is 16.4. The van der Waals surface area contributed by atoms with E-state index in [1.54, 1.807) is 7.11 Å². The Hall–Kier alpha value is -0.440.